The number of carbonyl (C=O) groups is 2. The van der Waals surface area contributed by atoms with E-state index < -0.39 is 16.1 Å². The van der Waals surface area contributed by atoms with E-state index in [1.54, 1.807) is 50.2 Å². The molecule has 0 aliphatic carbocycles. The van der Waals surface area contributed by atoms with Gasteiger partial charge in [-0.25, -0.2) is 13.1 Å². The highest BCUT2D eigenvalue weighted by atomic mass is 32.2. The molecule has 0 aliphatic rings. The molecule has 0 bridgehead atoms. The topological polar surface area (TPSA) is 104 Å². The first-order valence-corrected chi connectivity index (χ1v) is 12.5. The van der Waals surface area contributed by atoms with Gasteiger partial charge >= 0.3 is 0 Å². The van der Waals surface area contributed by atoms with Crippen LogP contribution in [0, 0.1) is 0 Å². The largest absolute Gasteiger partial charge is 0.350 e. The van der Waals surface area contributed by atoms with E-state index in [9.17, 15) is 18.0 Å². The maximum absolute atomic E-state index is 13.1. The monoisotopic (exact) mass is 479 g/mol. The van der Waals surface area contributed by atoms with Gasteiger partial charge in [0.2, 0.25) is 15.9 Å². The molecule has 0 aromatic heterocycles. The Bertz CT molecular complexity index is 1210. The fraction of sp³-hybridized carbons (Fsp3) is 0.231. The Morgan fingerprint density at radius 3 is 2.09 bits per heavy atom. The second kappa shape index (κ2) is 11.6. The zero-order valence-electron chi connectivity index (χ0n) is 19.2. The Morgan fingerprint density at radius 2 is 1.44 bits per heavy atom. The average molecular weight is 480 g/mol. The summed E-state index contributed by atoms with van der Waals surface area (Å²) in [6, 6.07) is 23.5. The summed E-state index contributed by atoms with van der Waals surface area (Å²) in [6.45, 7) is 3.62. The Morgan fingerprint density at radius 1 is 0.824 bits per heavy atom. The van der Waals surface area contributed by atoms with Crippen LogP contribution in [0.2, 0.25) is 0 Å². The lowest BCUT2D eigenvalue weighted by molar-refractivity contribution is -0.123. The molecule has 0 saturated heterocycles. The van der Waals surface area contributed by atoms with Gasteiger partial charge in [-0.1, -0.05) is 60.7 Å². The lowest BCUT2D eigenvalue weighted by Crippen LogP contribution is -2.47. The van der Waals surface area contributed by atoms with E-state index >= 15 is 0 Å². The summed E-state index contributed by atoms with van der Waals surface area (Å²) in [5.74, 6) is -0.703. The maximum atomic E-state index is 13.1. The summed E-state index contributed by atoms with van der Waals surface area (Å²) in [7, 11) is -3.64. The molecular formula is C26H29N3O4S. The molecule has 1 atom stereocenters. The average Bonchev–Trinajstić information content (AvgIpc) is 2.82. The molecule has 1 unspecified atom stereocenters. The lowest BCUT2D eigenvalue weighted by atomic mass is 10.0. The van der Waals surface area contributed by atoms with Crippen LogP contribution in [0.25, 0.3) is 0 Å². The molecule has 0 aliphatic heterocycles. The van der Waals surface area contributed by atoms with Gasteiger partial charge in [0.25, 0.3) is 5.91 Å². The summed E-state index contributed by atoms with van der Waals surface area (Å²) in [6.07, 6.45) is 0.317. The van der Waals surface area contributed by atoms with Crippen LogP contribution in [0.3, 0.4) is 0 Å². The summed E-state index contributed by atoms with van der Waals surface area (Å²) in [5.41, 5.74) is 2.00. The second-order valence-electron chi connectivity index (χ2n) is 8.22. The third-order valence-electron chi connectivity index (χ3n) is 5.01. The standard InChI is InChI=1S/C26H29N3O4S/c1-19(2)29-34(32,33)23-15-9-12-21(16-23)18-27-26(31)24(17-20-10-5-3-6-11-20)28-25(30)22-13-7-4-8-14-22/h3-16,19,24,29H,17-18H2,1-2H3,(H,27,31)(H,28,30). The number of hydrogen-bond acceptors (Lipinski definition) is 4. The van der Waals surface area contributed by atoms with E-state index in [0.29, 0.717) is 17.5 Å². The van der Waals surface area contributed by atoms with Gasteiger partial charge < -0.3 is 10.6 Å². The Labute approximate surface area is 200 Å². The Balaban J connectivity index is 1.72. The Kier molecular flexibility index (Phi) is 8.56. The molecule has 0 spiro atoms. The van der Waals surface area contributed by atoms with Crippen molar-refractivity contribution in [3.63, 3.8) is 0 Å². The number of benzene rings is 3. The number of nitrogens with one attached hydrogen (secondary N) is 3. The molecule has 2 amide bonds. The predicted octanol–water partition coefficient (Wildman–Crippen LogP) is 3.03. The van der Waals surface area contributed by atoms with Crippen molar-refractivity contribution in [1.29, 1.82) is 0 Å². The maximum Gasteiger partial charge on any atom is 0.251 e. The summed E-state index contributed by atoms with van der Waals surface area (Å²) in [5, 5.41) is 5.64. The highest BCUT2D eigenvalue weighted by molar-refractivity contribution is 7.89. The molecule has 8 heteroatoms. The van der Waals surface area contributed by atoms with Gasteiger partial charge in [0, 0.05) is 24.6 Å². The van der Waals surface area contributed by atoms with Crippen LogP contribution in [0.15, 0.2) is 89.8 Å². The third kappa shape index (κ3) is 7.26. The molecule has 178 valence electrons. The summed E-state index contributed by atoms with van der Waals surface area (Å²) >= 11 is 0. The van der Waals surface area contributed by atoms with Gasteiger partial charge in [-0.3, -0.25) is 9.59 Å². The molecule has 34 heavy (non-hydrogen) atoms. The van der Waals surface area contributed by atoms with Crippen molar-refractivity contribution in [1.82, 2.24) is 15.4 Å². The first kappa shape index (κ1) is 25.1. The predicted molar refractivity (Wildman–Crippen MR) is 132 cm³/mol. The minimum atomic E-state index is -3.64. The van der Waals surface area contributed by atoms with E-state index in [1.165, 1.54) is 12.1 Å². The molecule has 0 heterocycles. The number of sulfonamides is 1. The molecule has 3 rings (SSSR count). The van der Waals surface area contributed by atoms with E-state index in [4.69, 9.17) is 0 Å². The summed E-state index contributed by atoms with van der Waals surface area (Å²) in [4.78, 5) is 25.9. The van der Waals surface area contributed by atoms with Crippen molar-refractivity contribution in [2.45, 2.75) is 43.8 Å². The zero-order valence-corrected chi connectivity index (χ0v) is 20.0. The van der Waals surface area contributed by atoms with Gasteiger partial charge in [-0.2, -0.15) is 0 Å². The second-order valence-corrected chi connectivity index (χ2v) is 9.94. The van der Waals surface area contributed by atoms with Gasteiger partial charge in [-0.15, -0.1) is 0 Å². The van der Waals surface area contributed by atoms with Crippen LogP contribution >= 0.6 is 0 Å². The minimum absolute atomic E-state index is 0.121. The van der Waals surface area contributed by atoms with Crippen molar-refractivity contribution in [3.8, 4) is 0 Å². The van der Waals surface area contributed by atoms with Crippen molar-refractivity contribution < 1.29 is 18.0 Å². The van der Waals surface area contributed by atoms with E-state index in [-0.39, 0.29) is 29.3 Å². The van der Waals surface area contributed by atoms with Crippen molar-refractivity contribution in [2.75, 3.05) is 0 Å². The van der Waals surface area contributed by atoms with Crippen molar-refractivity contribution in [2.24, 2.45) is 0 Å². The highest BCUT2D eigenvalue weighted by Crippen LogP contribution is 2.13. The van der Waals surface area contributed by atoms with Gasteiger partial charge in [0.1, 0.15) is 6.04 Å². The SMILES string of the molecule is CC(C)NS(=O)(=O)c1cccc(CNC(=O)C(Cc2ccccc2)NC(=O)c2ccccc2)c1. The molecule has 0 fully saturated rings. The van der Waals surface area contributed by atoms with E-state index in [2.05, 4.69) is 15.4 Å². The van der Waals surface area contributed by atoms with Crippen molar-refractivity contribution in [3.05, 3.63) is 102 Å². The van der Waals surface area contributed by atoms with Crippen LogP contribution in [0.1, 0.15) is 35.3 Å². The first-order chi connectivity index (χ1) is 16.2. The zero-order chi connectivity index (χ0) is 24.6. The van der Waals surface area contributed by atoms with Gasteiger partial charge in [-0.05, 0) is 49.2 Å². The number of carbonyl (C=O) groups excluding carboxylic acids is 2. The van der Waals surface area contributed by atoms with Crippen LogP contribution in [0.4, 0.5) is 0 Å². The van der Waals surface area contributed by atoms with E-state index in [1.807, 2.05) is 36.4 Å². The van der Waals surface area contributed by atoms with Gasteiger partial charge in [0.15, 0.2) is 0 Å². The molecule has 0 saturated carbocycles. The fourth-order valence-corrected chi connectivity index (χ4v) is 4.72. The quantitative estimate of drug-likeness (QED) is 0.416. The number of hydrogen-bond donors (Lipinski definition) is 3. The third-order valence-corrected chi connectivity index (χ3v) is 6.66. The number of rotatable bonds is 10. The van der Waals surface area contributed by atoms with Crippen LogP contribution in [-0.4, -0.2) is 32.3 Å². The lowest BCUT2D eigenvalue weighted by Gasteiger charge is -2.19. The van der Waals surface area contributed by atoms with Crippen molar-refractivity contribution >= 4 is 21.8 Å². The molecular weight excluding hydrogens is 450 g/mol. The van der Waals surface area contributed by atoms with E-state index in [0.717, 1.165) is 5.56 Å². The normalized spacial score (nSPS) is 12.2. The smallest absolute Gasteiger partial charge is 0.251 e. The highest BCUT2D eigenvalue weighted by Gasteiger charge is 2.22. The number of amides is 2. The molecule has 0 radical (unpaired) electrons. The molecule has 3 N–H and O–H groups in total. The molecule has 7 nitrogen and oxygen atoms in total. The fourth-order valence-electron chi connectivity index (χ4n) is 3.40. The summed E-state index contributed by atoms with van der Waals surface area (Å²) < 4.78 is 27.5. The first-order valence-electron chi connectivity index (χ1n) is 11.0. The van der Waals surface area contributed by atoms with Gasteiger partial charge in [0.05, 0.1) is 4.90 Å². The van der Waals surface area contributed by atoms with Crippen LogP contribution in [0.5, 0.6) is 0 Å². The van der Waals surface area contributed by atoms with Crippen LogP contribution < -0.4 is 15.4 Å². The minimum Gasteiger partial charge on any atom is -0.350 e. The molecule has 3 aromatic carbocycles. The van der Waals surface area contributed by atoms with Crippen LogP contribution in [-0.2, 0) is 27.8 Å². The molecule has 3 aromatic rings. The Hall–Kier alpha value is -3.49.